The van der Waals surface area contributed by atoms with Crippen LogP contribution in [0.5, 0.6) is 5.75 Å². The summed E-state index contributed by atoms with van der Waals surface area (Å²) in [4.78, 5) is 0. The first-order chi connectivity index (χ1) is 15.7. The molecule has 2 aromatic rings. The van der Waals surface area contributed by atoms with Gasteiger partial charge in [-0.05, 0) is 79.5 Å². The van der Waals surface area contributed by atoms with E-state index in [-0.39, 0.29) is 11.2 Å². The van der Waals surface area contributed by atoms with Gasteiger partial charge in [0.15, 0.2) is 23.3 Å². The summed E-state index contributed by atoms with van der Waals surface area (Å²) in [5, 5.41) is 17.8. The van der Waals surface area contributed by atoms with Crippen molar-refractivity contribution in [3.8, 4) is 5.75 Å². The van der Waals surface area contributed by atoms with Crippen LogP contribution in [-0.4, -0.2) is 17.0 Å². The number of nitrogens with zero attached hydrogens (tertiary/aromatic N) is 2. The van der Waals surface area contributed by atoms with E-state index in [4.69, 9.17) is 0 Å². The minimum atomic E-state index is -2.19. The second-order valence-electron chi connectivity index (χ2n) is 9.57. The fourth-order valence-corrected chi connectivity index (χ4v) is 6.41. The first-order valence-corrected chi connectivity index (χ1v) is 11.2. The first-order valence-electron chi connectivity index (χ1n) is 11.2. The number of halogens is 5. The zero-order chi connectivity index (χ0) is 23.5. The van der Waals surface area contributed by atoms with Crippen LogP contribution in [0.25, 0.3) is 0 Å². The molecule has 8 heteroatoms. The van der Waals surface area contributed by atoms with Crippen LogP contribution in [-0.2, 0) is 6.42 Å². The Hall–Kier alpha value is -2.77. The van der Waals surface area contributed by atoms with E-state index >= 15 is 0 Å². The molecule has 1 N–H and O–H groups in total. The van der Waals surface area contributed by atoms with Gasteiger partial charge in [0.1, 0.15) is 5.75 Å². The van der Waals surface area contributed by atoms with Crippen LogP contribution in [0.3, 0.4) is 0 Å². The molecule has 0 aliphatic heterocycles. The summed E-state index contributed by atoms with van der Waals surface area (Å²) in [7, 11) is 0. The fraction of sp³-hybridized carbons (Fsp3) is 0.440. The maximum Gasteiger partial charge on any atom is 0.200 e. The first kappa shape index (κ1) is 22.0. The second kappa shape index (κ2) is 7.92. The number of hydrogen-bond donors (Lipinski definition) is 1. The second-order valence-corrected chi connectivity index (χ2v) is 9.57. The molecule has 33 heavy (non-hydrogen) atoms. The predicted molar refractivity (Wildman–Crippen MR) is 114 cm³/mol. The maximum absolute atomic E-state index is 13.9. The van der Waals surface area contributed by atoms with Crippen LogP contribution < -0.4 is 0 Å². The minimum absolute atomic E-state index is 0.219. The van der Waals surface area contributed by atoms with Crippen LogP contribution in [0.4, 0.5) is 22.0 Å². The van der Waals surface area contributed by atoms with Crippen LogP contribution >= 0.6 is 0 Å². The number of fused-ring (bicyclic) bond motifs is 5. The molecule has 0 radical (unpaired) electrons. The lowest BCUT2D eigenvalue weighted by molar-refractivity contribution is 0.0955. The van der Waals surface area contributed by atoms with Crippen LogP contribution in [0.2, 0.25) is 0 Å². The van der Waals surface area contributed by atoms with Crippen molar-refractivity contribution in [2.75, 3.05) is 0 Å². The Balaban J connectivity index is 1.41. The molecular formula is C25H23F5N2O. The monoisotopic (exact) mass is 462 g/mol. The van der Waals surface area contributed by atoms with Gasteiger partial charge in [0.25, 0.3) is 0 Å². The standard InChI is InChI=1S/C25H23F5N2O/c1-25-9-8-15-14-5-3-13(33)10-12(14)2-4-16(15)18(25)6-7-19(25)32-31-11-17-20(26)22(28)24(30)23(29)21(17)27/h3,5,10-11,15-16,18,33H,2,4,6-9H2,1H3/b31-11-,32-19-/t15-,16-,18-,25-/m0/s1. The third-order valence-corrected chi connectivity index (χ3v) is 8.06. The molecule has 0 saturated heterocycles. The molecule has 2 saturated carbocycles. The normalized spacial score (nSPS) is 29.9. The van der Waals surface area contributed by atoms with Crippen molar-refractivity contribution in [3.05, 3.63) is 64.0 Å². The average molecular weight is 462 g/mol. The smallest absolute Gasteiger partial charge is 0.200 e. The third-order valence-electron chi connectivity index (χ3n) is 8.06. The van der Waals surface area contributed by atoms with Crippen molar-refractivity contribution >= 4 is 11.9 Å². The highest BCUT2D eigenvalue weighted by Gasteiger charge is 2.53. The quantitative estimate of drug-likeness (QED) is 0.181. The molecule has 4 atom stereocenters. The van der Waals surface area contributed by atoms with Crippen molar-refractivity contribution in [2.24, 2.45) is 27.5 Å². The van der Waals surface area contributed by atoms with E-state index in [2.05, 4.69) is 17.1 Å². The highest BCUT2D eigenvalue weighted by Crippen LogP contribution is 2.60. The highest BCUT2D eigenvalue weighted by molar-refractivity contribution is 5.93. The summed E-state index contributed by atoms with van der Waals surface area (Å²) in [5.41, 5.74) is 2.01. The van der Waals surface area contributed by atoms with Crippen LogP contribution in [0.15, 0.2) is 28.4 Å². The molecule has 0 heterocycles. The highest BCUT2D eigenvalue weighted by atomic mass is 19.2. The molecule has 0 amide bonds. The van der Waals surface area contributed by atoms with Crippen LogP contribution in [0.1, 0.15) is 61.6 Å². The average Bonchev–Trinajstić information content (AvgIpc) is 3.14. The molecule has 0 spiro atoms. The Bertz CT molecular complexity index is 1160. The summed E-state index contributed by atoms with van der Waals surface area (Å²) >= 11 is 0. The van der Waals surface area contributed by atoms with E-state index < -0.39 is 34.6 Å². The Kier molecular flexibility index (Phi) is 5.29. The number of benzene rings is 2. The molecule has 174 valence electrons. The van der Waals surface area contributed by atoms with Gasteiger partial charge in [0, 0.05) is 11.1 Å². The summed E-state index contributed by atoms with van der Waals surface area (Å²) in [5.74, 6) is -8.48. The molecule has 3 aliphatic rings. The molecule has 0 unspecified atom stereocenters. The number of aromatic hydroxyl groups is 1. The topological polar surface area (TPSA) is 45.0 Å². The van der Waals surface area contributed by atoms with E-state index in [0.717, 1.165) is 37.8 Å². The van der Waals surface area contributed by atoms with Crippen molar-refractivity contribution in [1.29, 1.82) is 0 Å². The summed E-state index contributed by atoms with van der Waals surface area (Å²) < 4.78 is 67.9. The Morgan fingerprint density at radius 2 is 1.64 bits per heavy atom. The Morgan fingerprint density at radius 1 is 0.939 bits per heavy atom. The number of hydrogen-bond acceptors (Lipinski definition) is 3. The molecule has 0 aromatic heterocycles. The van der Waals surface area contributed by atoms with Crippen molar-refractivity contribution < 1.29 is 27.1 Å². The van der Waals surface area contributed by atoms with Crippen molar-refractivity contribution in [1.82, 2.24) is 0 Å². The van der Waals surface area contributed by atoms with E-state index in [9.17, 15) is 27.1 Å². The zero-order valence-corrected chi connectivity index (χ0v) is 18.0. The SMILES string of the molecule is C[C@]12CC[C@H]3c4ccc(O)cc4CC[C@@H]3[C@@H]1CC/C2=N/N=C\c1c(F)c(F)c(F)c(F)c1F. The Labute approximate surface area is 188 Å². The van der Waals surface area contributed by atoms with Gasteiger partial charge in [-0.2, -0.15) is 10.2 Å². The molecule has 3 nitrogen and oxygen atoms in total. The lowest BCUT2D eigenvalue weighted by Crippen LogP contribution is -2.42. The van der Waals surface area contributed by atoms with Gasteiger partial charge in [-0.3, -0.25) is 0 Å². The third kappa shape index (κ3) is 3.37. The lowest BCUT2D eigenvalue weighted by atomic mass is 9.55. The lowest BCUT2D eigenvalue weighted by Gasteiger charge is -2.49. The summed E-state index contributed by atoms with van der Waals surface area (Å²) in [6.07, 6.45) is 5.95. The molecule has 2 fully saturated rings. The minimum Gasteiger partial charge on any atom is -0.508 e. The predicted octanol–water partition coefficient (Wildman–Crippen LogP) is 6.42. The number of phenolic OH excluding ortho intramolecular Hbond substituents is 1. The molecule has 2 aromatic carbocycles. The summed E-state index contributed by atoms with van der Waals surface area (Å²) in [6.45, 7) is 2.14. The maximum atomic E-state index is 13.9. The van der Waals surface area contributed by atoms with Crippen LogP contribution in [0, 0.1) is 46.3 Å². The molecule has 3 aliphatic carbocycles. The van der Waals surface area contributed by atoms with Gasteiger partial charge >= 0.3 is 0 Å². The van der Waals surface area contributed by atoms with Gasteiger partial charge in [0.2, 0.25) is 5.82 Å². The van der Waals surface area contributed by atoms with Gasteiger partial charge in [-0.1, -0.05) is 13.0 Å². The van der Waals surface area contributed by atoms with Gasteiger partial charge in [0.05, 0.1) is 11.8 Å². The summed E-state index contributed by atoms with van der Waals surface area (Å²) in [6, 6.07) is 5.63. The van der Waals surface area contributed by atoms with E-state index in [1.807, 2.05) is 12.1 Å². The zero-order valence-electron chi connectivity index (χ0n) is 18.0. The van der Waals surface area contributed by atoms with Crippen molar-refractivity contribution in [2.45, 2.75) is 51.4 Å². The number of rotatable bonds is 2. The van der Waals surface area contributed by atoms with E-state index in [0.29, 0.717) is 30.4 Å². The number of aryl methyl sites for hydroxylation is 1. The van der Waals surface area contributed by atoms with Crippen molar-refractivity contribution in [3.63, 3.8) is 0 Å². The Morgan fingerprint density at radius 3 is 2.36 bits per heavy atom. The van der Waals surface area contributed by atoms with E-state index in [1.165, 1.54) is 11.1 Å². The van der Waals surface area contributed by atoms with Gasteiger partial charge in [-0.15, -0.1) is 0 Å². The van der Waals surface area contributed by atoms with Gasteiger partial charge < -0.3 is 5.11 Å². The molecular weight excluding hydrogens is 439 g/mol. The largest absolute Gasteiger partial charge is 0.508 e. The molecule has 5 rings (SSSR count). The number of phenols is 1. The van der Waals surface area contributed by atoms with Gasteiger partial charge in [-0.25, -0.2) is 22.0 Å². The fourth-order valence-electron chi connectivity index (χ4n) is 6.41. The van der Waals surface area contributed by atoms with E-state index in [1.54, 1.807) is 6.07 Å². The molecule has 0 bridgehead atoms.